The lowest BCUT2D eigenvalue weighted by molar-refractivity contribution is 0.110. The van der Waals surface area contributed by atoms with Crippen LogP contribution in [0.2, 0.25) is 5.02 Å². The van der Waals surface area contributed by atoms with Crippen LogP contribution in [0.15, 0.2) is 22.7 Å². The van der Waals surface area contributed by atoms with E-state index in [0.717, 1.165) is 29.2 Å². The van der Waals surface area contributed by atoms with Crippen molar-refractivity contribution in [3.05, 3.63) is 33.3 Å². The third-order valence-corrected chi connectivity index (χ3v) is 3.32. The normalized spacial score (nSPS) is 20.2. The summed E-state index contributed by atoms with van der Waals surface area (Å²) in [5.74, 6) is 0. The molecule has 4 heteroatoms. The number of ether oxygens (including phenoxy) is 1. The van der Waals surface area contributed by atoms with Crippen LogP contribution < -0.4 is 5.32 Å². The predicted molar refractivity (Wildman–Crippen MR) is 69.8 cm³/mol. The van der Waals surface area contributed by atoms with E-state index in [-0.39, 0.29) is 0 Å². The lowest BCUT2D eigenvalue weighted by Crippen LogP contribution is -2.25. The van der Waals surface area contributed by atoms with Crippen LogP contribution in [0.25, 0.3) is 0 Å². The largest absolute Gasteiger partial charge is 0.377 e. The minimum Gasteiger partial charge on any atom is -0.377 e. The molecule has 0 aliphatic carbocycles. The average Bonchev–Trinajstić information content (AvgIpc) is 2.69. The number of halogens is 2. The monoisotopic (exact) mass is 303 g/mol. The van der Waals surface area contributed by atoms with Gasteiger partial charge in [-0.1, -0.05) is 27.5 Å². The van der Waals surface area contributed by atoms with Gasteiger partial charge in [0.25, 0.3) is 0 Å². The molecule has 1 aliphatic heterocycles. The molecule has 0 aromatic heterocycles. The lowest BCUT2D eigenvalue weighted by atomic mass is 10.2. The Labute approximate surface area is 109 Å². The van der Waals surface area contributed by atoms with Crippen molar-refractivity contribution in [2.75, 3.05) is 13.2 Å². The van der Waals surface area contributed by atoms with Crippen LogP contribution >= 0.6 is 27.5 Å². The van der Waals surface area contributed by atoms with Crippen molar-refractivity contribution in [2.45, 2.75) is 25.5 Å². The highest BCUT2D eigenvalue weighted by Crippen LogP contribution is 2.19. The fourth-order valence-electron chi connectivity index (χ4n) is 1.90. The summed E-state index contributed by atoms with van der Waals surface area (Å²) in [7, 11) is 0. The van der Waals surface area contributed by atoms with Gasteiger partial charge in [-0.25, -0.2) is 0 Å². The third kappa shape index (κ3) is 3.74. The minimum absolute atomic E-state index is 0.391. The van der Waals surface area contributed by atoms with E-state index < -0.39 is 0 Å². The summed E-state index contributed by atoms with van der Waals surface area (Å²) in [6.45, 7) is 2.66. The molecule has 1 aliphatic rings. The predicted octanol–water partition coefficient (Wildman–Crippen LogP) is 3.37. The summed E-state index contributed by atoms with van der Waals surface area (Å²) in [5.41, 5.74) is 1.19. The first kappa shape index (κ1) is 12.4. The van der Waals surface area contributed by atoms with Gasteiger partial charge in [0.05, 0.1) is 6.10 Å². The van der Waals surface area contributed by atoms with Gasteiger partial charge < -0.3 is 10.1 Å². The molecule has 1 atom stereocenters. The van der Waals surface area contributed by atoms with Crippen molar-refractivity contribution in [1.29, 1.82) is 0 Å². The maximum Gasteiger partial charge on any atom is 0.0700 e. The zero-order valence-corrected chi connectivity index (χ0v) is 11.4. The molecule has 1 saturated heterocycles. The van der Waals surface area contributed by atoms with E-state index in [0.29, 0.717) is 6.10 Å². The van der Waals surface area contributed by atoms with Crippen molar-refractivity contribution in [2.24, 2.45) is 0 Å². The van der Waals surface area contributed by atoms with Crippen LogP contribution in [0.5, 0.6) is 0 Å². The Kier molecular flexibility index (Phi) is 4.65. The first-order valence-electron chi connectivity index (χ1n) is 5.51. The molecule has 0 bridgehead atoms. The topological polar surface area (TPSA) is 21.3 Å². The van der Waals surface area contributed by atoms with E-state index in [1.807, 2.05) is 12.1 Å². The Balaban J connectivity index is 1.80. The molecule has 0 spiro atoms. The molecular formula is C12H15BrClNO. The highest BCUT2D eigenvalue weighted by atomic mass is 79.9. The summed E-state index contributed by atoms with van der Waals surface area (Å²) >= 11 is 9.41. The Morgan fingerprint density at radius 3 is 3.00 bits per heavy atom. The second-order valence-electron chi connectivity index (χ2n) is 4.04. The number of hydrogen-bond acceptors (Lipinski definition) is 2. The maximum atomic E-state index is 5.97. The Morgan fingerprint density at radius 2 is 2.31 bits per heavy atom. The Hall–Kier alpha value is -0.0900. The summed E-state index contributed by atoms with van der Waals surface area (Å²) in [4.78, 5) is 0. The average molecular weight is 305 g/mol. The van der Waals surface area contributed by atoms with Gasteiger partial charge in [0, 0.05) is 29.2 Å². The maximum absolute atomic E-state index is 5.97. The van der Waals surface area contributed by atoms with Crippen molar-refractivity contribution in [1.82, 2.24) is 5.32 Å². The molecule has 0 amide bonds. The highest BCUT2D eigenvalue weighted by molar-refractivity contribution is 9.10. The molecule has 1 aromatic rings. The van der Waals surface area contributed by atoms with Crippen molar-refractivity contribution < 1.29 is 4.74 Å². The van der Waals surface area contributed by atoms with Crippen LogP contribution in [0.4, 0.5) is 0 Å². The van der Waals surface area contributed by atoms with Gasteiger partial charge >= 0.3 is 0 Å². The molecule has 1 fully saturated rings. The summed E-state index contributed by atoms with van der Waals surface area (Å²) in [5, 5.41) is 4.16. The molecule has 1 unspecified atom stereocenters. The molecular weight excluding hydrogens is 289 g/mol. The molecule has 1 aromatic carbocycles. The van der Waals surface area contributed by atoms with Crippen molar-refractivity contribution >= 4 is 27.5 Å². The van der Waals surface area contributed by atoms with E-state index in [1.54, 1.807) is 0 Å². The zero-order valence-electron chi connectivity index (χ0n) is 9.01. The van der Waals surface area contributed by atoms with Crippen molar-refractivity contribution in [3.8, 4) is 0 Å². The highest BCUT2D eigenvalue weighted by Gasteiger charge is 2.14. The summed E-state index contributed by atoms with van der Waals surface area (Å²) < 4.78 is 6.56. The Morgan fingerprint density at radius 1 is 1.44 bits per heavy atom. The summed E-state index contributed by atoms with van der Waals surface area (Å²) in [6.07, 6.45) is 2.75. The van der Waals surface area contributed by atoms with Crippen LogP contribution in [-0.2, 0) is 11.3 Å². The van der Waals surface area contributed by atoms with E-state index >= 15 is 0 Å². The summed E-state index contributed by atoms with van der Waals surface area (Å²) in [6, 6.07) is 5.95. The number of rotatable bonds is 4. The second-order valence-corrected chi connectivity index (χ2v) is 5.40. The van der Waals surface area contributed by atoms with Crippen LogP contribution in [0.3, 0.4) is 0 Å². The van der Waals surface area contributed by atoms with Gasteiger partial charge in [0.15, 0.2) is 0 Å². The quantitative estimate of drug-likeness (QED) is 0.921. The van der Waals surface area contributed by atoms with Gasteiger partial charge in [0.1, 0.15) is 0 Å². The van der Waals surface area contributed by atoms with Gasteiger partial charge in [-0.15, -0.1) is 0 Å². The molecule has 0 radical (unpaired) electrons. The Bertz CT molecular complexity index is 333. The lowest BCUT2D eigenvalue weighted by Gasteiger charge is -2.11. The van der Waals surface area contributed by atoms with E-state index in [9.17, 15) is 0 Å². The van der Waals surface area contributed by atoms with Gasteiger partial charge in [-0.3, -0.25) is 0 Å². The first-order valence-corrected chi connectivity index (χ1v) is 6.68. The third-order valence-electron chi connectivity index (χ3n) is 2.65. The number of benzene rings is 1. The smallest absolute Gasteiger partial charge is 0.0700 e. The van der Waals surface area contributed by atoms with E-state index in [2.05, 4.69) is 27.3 Å². The fourth-order valence-corrected chi connectivity index (χ4v) is 2.83. The van der Waals surface area contributed by atoms with E-state index in [1.165, 1.54) is 18.4 Å². The van der Waals surface area contributed by atoms with Crippen LogP contribution in [-0.4, -0.2) is 19.3 Å². The molecule has 1 N–H and O–H groups in total. The molecule has 16 heavy (non-hydrogen) atoms. The first-order chi connectivity index (χ1) is 7.74. The van der Waals surface area contributed by atoms with E-state index in [4.69, 9.17) is 16.3 Å². The fraction of sp³-hybridized carbons (Fsp3) is 0.500. The molecule has 2 nitrogen and oxygen atoms in total. The van der Waals surface area contributed by atoms with Gasteiger partial charge in [0.2, 0.25) is 0 Å². The molecule has 88 valence electrons. The molecule has 0 saturated carbocycles. The number of hydrogen-bond donors (Lipinski definition) is 1. The number of nitrogens with one attached hydrogen (secondary N) is 1. The second kappa shape index (κ2) is 6.01. The van der Waals surface area contributed by atoms with Gasteiger partial charge in [-0.2, -0.15) is 0 Å². The van der Waals surface area contributed by atoms with Crippen LogP contribution in [0.1, 0.15) is 18.4 Å². The zero-order chi connectivity index (χ0) is 11.4. The molecule has 1 heterocycles. The minimum atomic E-state index is 0.391. The SMILES string of the molecule is Clc1cc(Br)cc(CNCC2CCCO2)c1. The molecule has 2 rings (SSSR count). The van der Waals surface area contributed by atoms with Gasteiger partial charge in [-0.05, 0) is 36.6 Å². The standard InChI is InChI=1S/C12H15BrClNO/c13-10-4-9(5-11(14)6-10)7-15-8-12-2-1-3-16-12/h4-6,12,15H,1-3,7-8H2. The van der Waals surface area contributed by atoms with Crippen LogP contribution in [0, 0.1) is 0 Å². The van der Waals surface area contributed by atoms with Crippen molar-refractivity contribution in [3.63, 3.8) is 0 Å².